The van der Waals surface area contributed by atoms with E-state index in [0.29, 0.717) is 11.8 Å². The summed E-state index contributed by atoms with van der Waals surface area (Å²) in [7, 11) is 2.14. The largest absolute Gasteiger partial charge is 0.303 e. The van der Waals surface area contributed by atoms with E-state index in [1.54, 1.807) is 0 Å². The zero-order valence-corrected chi connectivity index (χ0v) is 11.8. The lowest BCUT2D eigenvalue weighted by molar-refractivity contribution is 0.207. The summed E-state index contributed by atoms with van der Waals surface area (Å²) in [4.78, 5) is 2.32. The van der Waals surface area contributed by atoms with Crippen LogP contribution < -0.4 is 5.32 Å². The van der Waals surface area contributed by atoms with Crippen LogP contribution in [0.15, 0.2) is 0 Å². The van der Waals surface area contributed by atoms with Gasteiger partial charge < -0.3 is 4.90 Å². The number of rotatable bonds is 8. The van der Waals surface area contributed by atoms with Gasteiger partial charge in [-0.15, -0.1) is 0 Å². The zero-order valence-electron chi connectivity index (χ0n) is 11.8. The SMILES string of the molecule is CCNC(C#N)(CN(C)CC(C)CC)C1CC1. The van der Waals surface area contributed by atoms with Gasteiger partial charge in [0.1, 0.15) is 5.54 Å². The van der Waals surface area contributed by atoms with Crippen LogP contribution >= 0.6 is 0 Å². The molecular formula is C14H27N3. The summed E-state index contributed by atoms with van der Waals surface area (Å²) in [6.07, 6.45) is 3.62. The molecule has 1 fully saturated rings. The molecule has 0 aromatic heterocycles. The van der Waals surface area contributed by atoms with E-state index in [0.717, 1.165) is 19.6 Å². The Kier molecular flexibility index (Phi) is 5.42. The Labute approximate surface area is 106 Å². The average Bonchev–Trinajstić information content (AvgIpc) is 3.12. The van der Waals surface area contributed by atoms with E-state index >= 15 is 0 Å². The maximum Gasteiger partial charge on any atom is 0.122 e. The number of nitriles is 1. The fourth-order valence-corrected chi connectivity index (χ4v) is 2.54. The van der Waals surface area contributed by atoms with Gasteiger partial charge in [-0.2, -0.15) is 5.26 Å². The van der Waals surface area contributed by atoms with E-state index < -0.39 is 0 Å². The first-order valence-electron chi connectivity index (χ1n) is 6.92. The molecule has 2 unspecified atom stereocenters. The molecule has 98 valence electrons. The summed E-state index contributed by atoms with van der Waals surface area (Å²) >= 11 is 0. The summed E-state index contributed by atoms with van der Waals surface area (Å²) < 4.78 is 0. The Morgan fingerprint density at radius 3 is 2.53 bits per heavy atom. The van der Waals surface area contributed by atoms with Crippen molar-refractivity contribution in [1.29, 1.82) is 5.26 Å². The molecule has 0 aliphatic heterocycles. The summed E-state index contributed by atoms with van der Waals surface area (Å²) in [5, 5.41) is 12.9. The van der Waals surface area contributed by atoms with E-state index in [1.807, 2.05) is 0 Å². The second-order valence-corrected chi connectivity index (χ2v) is 5.60. The van der Waals surface area contributed by atoms with Gasteiger partial charge in [-0.1, -0.05) is 27.2 Å². The highest BCUT2D eigenvalue weighted by Gasteiger charge is 2.45. The molecule has 0 spiro atoms. The second-order valence-electron chi connectivity index (χ2n) is 5.60. The molecule has 1 saturated carbocycles. The first-order chi connectivity index (χ1) is 8.07. The minimum Gasteiger partial charge on any atom is -0.303 e. The van der Waals surface area contributed by atoms with Crippen molar-refractivity contribution in [1.82, 2.24) is 10.2 Å². The number of likely N-dealkylation sites (N-methyl/N-ethyl adjacent to an activating group) is 2. The van der Waals surface area contributed by atoms with E-state index in [2.05, 4.69) is 44.1 Å². The highest BCUT2D eigenvalue weighted by molar-refractivity contribution is 5.16. The van der Waals surface area contributed by atoms with Crippen molar-refractivity contribution in [3.63, 3.8) is 0 Å². The number of nitrogens with one attached hydrogen (secondary N) is 1. The summed E-state index contributed by atoms with van der Waals surface area (Å²) in [5.74, 6) is 1.27. The Bertz CT molecular complexity index is 267. The molecular weight excluding hydrogens is 210 g/mol. The third-order valence-corrected chi connectivity index (χ3v) is 3.81. The Morgan fingerprint density at radius 2 is 2.12 bits per heavy atom. The highest BCUT2D eigenvalue weighted by atomic mass is 15.2. The van der Waals surface area contributed by atoms with E-state index in [4.69, 9.17) is 0 Å². The minimum absolute atomic E-state index is 0.309. The summed E-state index contributed by atoms with van der Waals surface area (Å²) in [6.45, 7) is 9.39. The molecule has 3 heteroatoms. The lowest BCUT2D eigenvalue weighted by Gasteiger charge is -2.33. The van der Waals surface area contributed by atoms with Crippen LogP contribution in [0.3, 0.4) is 0 Å². The zero-order chi connectivity index (χ0) is 12.9. The van der Waals surface area contributed by atoms with Gasteiger partial charge in [0.15, 0.2) is 0 Å². The van der Waals surface area contributed by atoms with Gasteiger partial charge in [0.25, 0.3) is 0 Å². The first-order valence-corrected chi connectivity index (χ1v) is 6.92. The molecule has 0 heterocycles. The number of hydrogen-bond acceptors (Lipinski definition) is 3. The smallest absolute Gasteiger partial charge is 0.122 e. The van der Waals surface area contributed by atoms with Gasteiger partial charge >= 0.3 is 0 Å². The molecule has 1 aliphatic carbocycles. The molecule has 0 aromatic carbocycles. The standard InChI is InChI=1S/C14H27N3/c1-5-12(3)9-17(4)11-14(10-15,16-6-2)13-7-8-13/h12-13,16H,5-9,11H2,1-4H3. The molecule has 0 bridgehead atoms. The molecule has 17 heavy (non-hydrogen) atoms. The molecule has 0 aromatic rings. The predicted octanol–water partition coefficient (Wildman–Crippen LogP) is 2.25. The van der Waals surface area contributed by atoms with Crippen LogP contribution in [0.1, 0.15) is 40.0 Å². The second kappa shape index (κ2) is 6.37. The fraction of sp³-hybridized carbons (Fsp3) is 0.929. The summed E-state index contributed by atoms with van der Waals surface area (Å²) in [5.41, 5.74) is -0.309. The van der Waals surface area contributed by atoms with Crippen LogP contribution in [0, 0.1) is 23.2 Å². The topological polar surface area (TPSA) is 39.1 Å². The lowest BCUT2D eigenvalue weighted by Crippen LogP contribution is -2.54. The van der Waals surface area contributed by atoms with Crippen molar-refractivity contribution >= 4 is 0 Å². The lowest BCUT2D eigenvalue weighted by atomic mass is 9.93. The summed E-state index contributed by atoms with van der Waals surface area (Å²) in [6, 6.07) is 2.55. The Balaban J connectivity index is 2.56. The maximum atomic E-state index is 9.52. The third-order valence-electron chi connectivity index (χ3n) is 3.81. The van der Waals surface area contributed by atoms with Crippen LogP contribution in [0.25, 0.3) is 0 Å². The van der Waals surface area contributed by atoms with Crippen molar-refractivity contribution in [2.24, 2.45) is 11.8 Å². The van der Waals surface area contributed by atoms with Crippen molar-refractivity contribution in [2.45, 2.75) is 45.6 Å². The van der Waals surface area contributed by atoms with E-state index in [-0.39, 0.29) is 5.54 Å². The van der Waals surface area contributed by atoms with Crippen molar-refractivity contribution in [3.05, 3.63) is 0 Å². The third kappa shape index (κ3) is 3.97. The van der Waals surface area contributed by atoms with Crippen LogP contribution in [0.5, 0.6) is 0 Å². The Morgan fingerprint density at radius 1 is 1.47 bits per heavy atom. The van der Waals surface area contributed by atoms with Gasteiger partial charge in [0.05, 0.1) is 6.07 Å². The molecule has 2 atom stereocenters. The molecule has 0 radical (unpaired) electrons. The number of nitrogens with zero attached hydrogens (tertiary/aromatic N) is 2. The van der Waals surface area contributed by atoms with Crippen LogP contribution in [-0.4, -0.2) is 37.1 Å². The van der Waals surface area contributed by atoms with Gasteiger partial charge in [-0.25, -0.2) is 0 Å². The molecule has 1 N–H and O–H groups in total. The van der Waals surface area contributed by atoms with Gasteiger partial charge in [0.2, 0.25) is 0 Å². The minimum atomic E-state index is -0.309. The number of hydrogen-bond donors (Lipinski definition) is 1. The van der Waals surface area contributed by atoms with Crippen molar-refractivity contribution < 1.29 is 0 Å². The molecule has 0 amide bonds. The fourth-order valence-electron chi connectivity index (χ4n) is 2.54. The molecule has 1 aliphatic rings. The van der Waals surface area contributed by atoms with Crippen molar-refractivity contribution in [2.75, 3.05) is 26.7 Å². The highest BCUT2D eigenvalue weighted by Crippen LogP contribution is 2.39. The van der Waals surface area contributed by atoms with Gasteiger partial charge in [-0.3, -0.25) is 5.32 Å². The predicted molar refractivity (Wildman–Crippen MR) is 71.7 cm³/mol. The van der Waals surface area contributed by atoms with Crippen LogP contribution in [-0.2, 0) is 0 Å². The van der Waals surface area contributed by atoms with E-state index in [1.165, 1.54) is 19.3 Å². The normalized spacial score (nSPS) is 20.9. The van der Waals surface area contributed by atoms with E-state index in [9.17, 15) is 5.26 Å². The van der Waals surface area contributed by atoms with Crippen LogP contribution in [0.2, 0.25) is 0 Å². The Hall–Kier alpha value is -0.590. The van der Waals surface area contributed by atoms with Gasteiger partial charge in [-0.05, 0) is 38.3 Å². The molecule has 3 nitrogen and oxygen atoms in total. The van der Waals surface area contributed by atoms with Gasteiger partial charge in [0, 0.05) is 13.1 Å². The monoisotopic (exact) mass is 237 g/mol. The van der Waals surface area contributed by atoms with Crippen LogP contribution in [0.4, 0.5) is 0 Å². The maximum absolute atomic E-state index is 9.52. The quantitative estimate of drug-likeness (QED) is 0.704. The molecule has 1 rings (SSSR count). The molecule has 0 saturated heterocycles. The van der Waals surface area contributed by atoms with Crippen molar-refractivity contribution in [3.8, 4) is 6.07 Å². The first kappa shape index (κ1) is 14.5. The average molecular weight is 237 g/mol.